The Hall–Kier alpha value is -2.26. The van der Waals surface area contributed by atoms with E-state index in [4.69, 9.17) is 4.74 Å². The van der Waals surface area contributed by atoms with Crippen LogP contribution in [0.25, 0.3) is 11.0 Å². The highest BCUT2D eigenvalue weighted by atomic mass is 32.2. The van der Waals surface area contributed by atoms with Crippen LogP contribution in [0.1, 0.15) is 32.6 Å². The van der Waals surface area contributed by atoms with Gasteiger partial charge in [-0.1, -0.05) is 25.5 Å². The van der Waals surface area contributed by atoms with Gasteiger partial charge in [-0.2, -0.15) is 11.8 Å². The Morgan fingerprint density at radius 2 is 2.03 bits per heavy atom. The van der Waals surface area contributed by atoms with Crippen molar-refractivity contribution in [3.05, 3.63) is 24.3 Å². The number of carbonyl (C=O) groups is 2. The van der Waals surface area contributed by atoms with E-state index >= 15 is 0 Å². The zero-order valence-electron chi connectivity index (χ0n) is 18.4. The van der Waals surface area contributed by atoms with E-state index in [0.717, 1.165) is 42.7 Å². The fourth-order valence-electron chi connectivity index (χ4n) is 3.57. The number of carbonyl (C=O) groups excluding carboxylic acids is 2. The molecular formula is C22H33N5O3S. The maximum absolute atomic E-state index is 13.0. The number of amides is 3. The molecule has 9 heteroatoms. The van der Waals surface area contributed by atoms with Gasteiger partial charge in [0.05, 0.1) is 11.0 Å². The van der Waals surface area contributed by atoms with Gasteiger partial charge in [-0.25, -0.2) is 9.78 Å². The van der Waals surface area contributed by atoms with Gasteiger partial charge in [0.25, 0.3) is 0 Å². The van der Waals surface area contributed by atoms with Crippen LogP contribution < -0.4 is 15.5 Å². The Morgan fingerprint density at radius 1 is 1.23 bits per heavy atom. The Bertz CT molecular complexity index is 872. The summed E-state index contributed by atoms with van der Waals surface area (Å²) < 4.78 is 7.58. The third-order valence-electron chi connectivity index (χ3n) is 5.30. The Morgan fingerprint density at radius 3 is 2.84 bits per heavy atom. The molecular weight excluding hydrogens is 414 g/mol. The molecule has 2 aromatic rings. The average Bonchev–Trinajstić information content (AvgIpc) is 3.35. The first-order chi connectivity index (χ1) is 15.2. The number of unbranched alkanes of at least 4 members (excludes halogenated alkanes) is 1. The number of hydrogen-bond donors (Lipinski definition) is 2. The predicted molar refractivity (Wildman–Crippen MR) is 126 cm³/mol. The normalized spacial score (nSPS) is 13.9. The molecule has 31 heavy (non-hydrogen) atoms. The highest BCUT2D eigenvalue weighted by Gasteiger charge is 2.30. The molecule has 3 amide bonds. The number of para-hydroxylation sites is 2. The third-order valence-corrected chi connectivity index (χ3v) is 5.94. The molecule has 1 atom stereocenters. The van der Waals surface area contributed by atoms with Gasteiger partial charge in [-0.15, -0.1) is 0 Å². The fourth-order valence-corrected chi connectivity index (χ4v) is 4.04. The zero-order valence-corrected chi connectivity index (χ0v) is 19.2. The monoisotopic (exact) mass is 447 g/mol. The summed E-state index contributed by atoms with van der Waals surface area (Å²) >= 11 is 1.66. The van der Waals surface area contributed by atoms with Crippen LogP contribution in [0.5, 0.6) is 0 Å². The molecule has 0 aliphatic carbocycles. The van der Waals surface area contributed by atoms with E-state index in [9.17, 15) is 9.59 Å². The number of rotatable bonds is 12. The van der Waals surface area contributed by atoms with Crippen molar-refractivity contribution in [3.8, 4) is 0 Å². The second-order valence-electron chi connectivity index (χ2n) is 7.60. The topological polar surface area (TPSA) is 88.5 Å². The number of benzene rings is 1. The zero-order chi connectivity index (χ0) is 22.1. The molecule has 2 heterocycles. The van der Waals surface area contributed by atoms with Crippen LogP contribution in [-0.2, 0) is 16.1 Å². The Kier molecular flexibility index (Phi) is 9.02. The molecule has 0 bridgehead atoms. The molecule has 2 N–H and O–H groups in total. The molecule has 0 saturated heterocycles. The summed E-state index contributed by atoms with van der Waals surface area (Å²) in [7, 11) is 0. The molecule has 170 valence electrons. The summed E-state index contributed by atoms with van der Waals surface area (Å²) in [6.07, 6.45) is 5.50. The molecule has 1 aromatic carbocycles. The lowest BCUT2D eigenvalue weighted by Crippen LogP contribution is -2.51. The number of urea groups is 1. The Balaban J connectivity index is 1.54. The standard InChI is InChI=1S/C22H33N5O3S/c1-3-4-14-30-15-7-11-23-20(28)18(10-16-31-2)25-22(29)27-13-12-26-19-9-6-5-8-17(19)24-21(26)27/h5-6,8-9,18H,3-4,7,10-16H2,1-2H3,(H,23,28)(H,25,29)/t18-/m0/s1. The molecule has 0 radical (unpaired) electrons. The summed E-state index contributed by atoms with van der Waals surface area (Å²) in [4.78, 5) is 31.9. The predicted octanol–water partition coefficient (Wildman–Crippen LogP) is 3.01. The maximum atomic E-state index is 13.0. The number of anilines is 1. The Labute approximate surface area is 188 Å². The van der Waals surface area contributed by atoms with E-state index in [0.29, 0.717) is 38.6 Å². The van der Waals surface area contributed by atoms with E-state index < -0.39 is 6.04 Å². The SMILES string of the molecule is CCCCOCCCNC(=O)[C@H](CCSC)NC(=O)N1CCn2c1nc1ccccc12. The highest BCUT2D eigenvalue weighted by molar-refractivity contribution is 7.98. The average molecular weight is 448 g/mol. The summed E-state index contributed by atoms with van der Waals surface area (Å²) in [5.74, 6) is 1.27. The van der Waals surface area contributed by atoms with Gasteiger partial charge in [0, 0.05) is 32.8 Å². The molecule has 0 spiro atoms. The summed E-state index contributed by atoms with van der Waals surface area (Å²) in [5, 5.41) is 5.86. The van der Waals surface area contributed by atoms with Gasteiger partial charge in [0.1, 0.15) is 6.04 Å². The minimum atomic E-state index is -0.570. The first kappa shape index (κ1) is 23.4. The fraction of sp³-hybridized carbons (Fsp3) is 0.591. The van der Waals surface area contributed by atoms with Crippen molar-refractivity contribution < 1.29 is 14.3 Å². The number of ether oxygens (including phenoxy) is 1. The maximum Gasteiger partial charge on any atom is 0.324 e. The van der Waals surface area contributed by atoms with Crippen LogP contribution in [0.4, 0.5) is 10.7 Å². The van der Waals surface area contributed by atoms with E-state index in [1.165, 1.54) is 0 Å². The number of fused-ring (bicyclic) bond motifs is 3. The number of imidazole rings is 1. The van der Waals surface area contributed by atoms with Crippen LogP contribution in [0, 0.1) is 0 Å². The second kappa shape index (κ2) is 12.0. The molecule has 8 nitrogen and oxygen atoms in total. The largest absolute Gasteiger partial charge is 0.381 e. The van der Waals surface area contributed by atoms with Crippen molar-refractivity contribution in [3.63, 3.8) is 0 Å². The summed E-state index contributed by atoms with van der Waals surface area (Å²) in [6, 6.07) is 7.01. The van der Waals surface area contributed by atoms with Gasteiger partial charge < -0.3 is 19.9 Å². The second-order valence-corrected chi connectivity index (χ2v) is 8.58. The van der Waals surface area contributed by atoms with Crippen molar-refractivity contribution in [2.24, 2.45) is 0 Å². The molecule has 3 rings (SSSR count). The van der Waals surface area contributed by atoms with Crippen molar-refractivity contribution in [2.45, 2.75) is 45.2 Å². The molecule has 1 aromatic heterocycles. The number of nitrogens with zero attached hydrogens (tertiary/aromatic N) is 3. The van der Waals surface area contributed by atoms with Crippen molar-refractivity contribution >= 4 is 40.7 Å². The molecule has 0 unspecified atom stereocenters. The molecule has 1 aliphatic heterocycles. The van der Waals surface area contributed by atoms with Crippen LogP contribution in [0.3, 0.4) is 0 Å². The number of aromatic nitrogens is 2. The first-order valence-electron chi connectivity index (χ1n) is 11.0. The first-order valence-corrected chi connectivity index (χ1v) is 12.4. The van der Waals surface area contributed by atoms with E-state index in [1.807, 2.05) is 35.1 Å². The van der Waals surface area contributed by atoms with Crippen molar-refractivity contribution in [1.82, 2.24) is 20.2 Å². The highest BCUT2D eigenvalue weighted by Crippen LogP contribution is 2.27. The van der Waals surface area contributed by atoms with Gasteiger partial charge in [-0.3, -0.25) is 9.69 Å². The van der Waals surface area contributed by atoms with E-state index in [2.05, 4.69) is 22.5 Å². The smallest absolute Gasteiger partial charge is 0.324 e. The van der Waals surface area contributed by atoms with Crippen LogP contribution in [0.2, 0.25) is 0 Å². The number of thioether (sulfide) groups is 1. The molecule has 0 fully saturated rings. The molecule has 1 aliphatic rings. The number of hydrogen-bond acceptors (Lipinski definition) is 5. The minimum absolute atomic E-state index is 0.149. The molecule has 0 saturated carbocycles. The van der Waals surface area contributed by atoms with Gasteiger partial charge in [0.2, 0.25) is 11.9 Å². The van der Waals surface area contributed by atoms with E-state index in [-0.39, 0.29) is 11.9 Å². The van der Waals surface area contributed by atoms with Crippen molar-refractivity contribution in [2.75, 3.05) is 43.2 Å². The minimum Gasteiger partial charge on any atom is -0.381 e. The lowest BCUT2D eigenvalue weighted by molar-refractivity contribution is -0.123. The lowest BCUT2D eigenvalue weighted by atomic mass is 10.2. The van der Waals surface area contributed by atoms with Crippen LogP contribution in [-0.4, -0.2) is 65.8 Å². The number of nitrogens with one attached hydrogen (secondary N) is 2. The van der Waals surface area contributed by atoms with Crippen molar-refractivity contribution in [1.29, 1.82) is 0 Å². The summed E-state index contributed by atoms with van der Waals surface area (Å²) in [6.45, 7) is 5.30. The quantitative estimate of drug-likeness (QED) is 0.488. The van der Waals surface area contributed by atoms with Gasteiger partial charge >= 0.3 is 6.03 Å². The van der Waals surface area contributed by atoms with Gasteiger partial charge in [-0.05, 0) is 43.4 Å². The van der Waals surface area contributed by atoms with E-state index in [1.54, 1.807) is 16.7 Å². The third kappa shape index (κ3) is 6.13. The lowest BCUT2D eigenvalue weighted by Gasteiger charge is -2.22. The summed E-state index contributed by atoms with van der Waals surface area (Å²) in [5.41, 5.74) is 1.89. The van der Waals surface area contributed by atoms with Gasteiger partial charge in [0.15, 0.2) is 0 Å². The van der Waals surface area contributed by atoms with Crippen LogP contribution in [0.15, 0.2) is 24.3 Å². The van der Waals surface area contributed by atoms with Crippen LogP contribution >= 0.6 is 11.8 Å².